The molecule has 0 spiro atoms. The van der Waals surface area contributed by atoms with Crippen LogP contribution in [0.4, 0.5) is 5.69 Å². The zero-order valence-corrected chi connectivity index (χ0v) is 17.7. The molecule has 0 aliphatic heterocycles. The van der Waals surface area contributed by atoms with Crippen molar-refractivity contribution in [3.8, 4) is 5.75 Å². The lowest BCUT2D eigenvalue weighted by molar-refractivity contribution is -0.115. The molecule has 154 valence electrons. The maximum atomic E-state index is 12.6. The third-order valence-corrected chi connectivity index (χ3v) is 6.52. The van der Waals surface area contributed by atoms with Crippen molar-refractivity contribution >= 4 is 32.6 Å². The summed E-state index contributed by atoms with van der Waals surface area (Å²) in [6.07, 6.45) is 2.60. The summed E-state index contributed by atoms with van der Waals surface area (Å²) < 4.78 is 36.9. The highest BCUT2D eigenvalue weighted by Crippen LogP contribution is 2.29. The molecule has 1 aromatic heterocycles. The number of nitrogens with one attached hydrogen (secondary N) is 1. The van der Waals surface area contributed by atoms with Crippen LogP contribution in [0, 0.1) is 0 Å². The molecule has 0 unspecified atom stereocenters. The molecule has 8 heteroatoms. The van der Waals surface area contributed by atoms with Crippen LogP contribution in [0.1, 0.15) is 18.1 Å². The summed E-state index contributed by atoms with van der Waals surface area (Å²) in [5, 5.41) is 3.64. The summed E-state index contributed by atoms with van der Waals surface area (Å²) in [4.78, 5) is 12.5. The van der Waals surface area contributed by atoms with Gasteiger partial charge in [-0.05, 0) is 36.2 Å². The van der Waals surface area contributed by atoms with E-state index >= 15 is 0 Å². The average molecular weight is 416 g/mol. The highest BCUT2D eigenvalue weighted by atomic mass is 32.2. The number of rotatable bonds is 7. The van der Waals surface area contributed by atoms with Crippen molar-refractivity contribution in [2.24, 2.45) is 0 Å². The maximum absolute atomic E-state index is 12.6. The lowest BCUT2D eigenvalue weighted by Crippen LogP contribution is -2.23. The Morgan fingerprint density at radius 3 is 2.59 bits per heavy atom. The number of nitrogens with zero attached hydrogens (tertiary/aromatic N) is 1. The minimum absolute atomic E-state index is 0.0105. The summed E-state index contributed by atoms with van der Waals surface area (Å²) in [6.45, 7) is 2.07. The number of anilines is 1. The predicted octanol–water partition coefficient (Wildman–Crippen LogP) is 3.44. The van der Waals surface area contributed by atoms with Crippen LogP contribution in [0.3, 0.4) is 0 Å². The van der Waals surface area contributed by atoms with Crippen molar-refractivity contribution < 1.29 is 22.4 Å². The molecule has 3 aromatic rings. The van der Waals surface area contributed by atoms with Crippen LogP contribution in [0.25, 0.3) is 11.0 Å². The monoisotopic (exact) mass is 416 g/mol. The van der Waals surface area contributed by atoms with E-state index in [0.717, 1.165) is 32.8 Å². The molecule has 29 heavy (non-hydrogen) atoms. The van der Waals surface area contributed by atoms with E-state index in [-0.39, 0.29) is 23.0 Å². The second-order valence-electron chi connectivity index (χ2n) is 6.82. The molecular weight excluding hydrogens is 392 g/mol. The molecule has 1 N–H and O–H groups in total. The molecule has 1 heterocycles. The van der Waals surface area contributed by atoms with Gasteiger partial charge in [0, 0.05) is 30.7 Å². The van der Waals surface area contributed by atoms with Crippen LogP contribution in [-0.2, 0) is 27.7 Å². The summed E-state index contributed by atoms with van der Waals surface area (Å²) in [6, 6.07) is 10.5. The number of hydrogen-bond acceptors (Lipinski definition) is 5. The second kappa shape index (κ2) is 8.26. The Morgan fingerprint density at radius 2 is 1.93 bits per heavy atom. The third kappa shape index (κ3) is 4.28. The number of methoxy groups -OCH3 is 1. The molecule has 2 aromatic carbocycles. The minimum Gasteiger partial charge on any atom is -0.495 e. The molecule has 0 aliphatic rings. The summed E-state index contributed by atoms with van der Waals surface area (Å²) in [5.41, 5.74) is 3.05. The first-order valence-corrected chi connectivity index (χ1v) is 10.6. The lowest BCUT2D eigenvalue weighted by Gasteiger charge is -2.16. The Bertz CT molecular complexity index is 1150. The number of hydrogen-bond donors (Lipinski definition) is 1. The van der Waals surface area contributed by atoms with Crippen LogP contribution in [0.2, 0.25) is 0 Å². The first-order chi connectivity index (χ1) is 13.8. The van der Waals surface area contributed by atoms with Crippen LogP contribution in [0.5, 0.6) is 5.75 Å². The van der Waals surface area contributed by atoms with Gasteiger partial charge in [0.05, 0.1) is 19.8 Å². The number of amides is 1. The maximum Gasteiger partial charge on any atom is 0.246 e. The highest BCUT2D eigenvalue weighted by molar-refractivity contribution is 7.89. The number of sulfonamides is 1. The SMILES string of the molecule is CCc1ccc2c(CC(=O)Nc3ccc(OC)c(S(=O)(=O)N(C)C)c3)coc2c1. The Balaban J connectivity index is 1.83. The fourth-order valence-corrected chi connectivity index (χ4v) is 4.09. The van der Waals surface area contributed by atoms with Gasteiger partial charge >= 0.3 is 0 Å². The number of carbonyl (C=O) groups excluding carboxylic acids is 1. The molecule has 0 atom stereocenters. The van der Waals surface area contributed by atoms with Gasteiger partial charge in [-0.3, -0.25) is 4.79 Å². The fourth-order valence-electron chi connectivity index (χ4n) is 3.02. The summed E-state index contributed by atoms with van der Waals surface area (Å²) >= 11 is 0. The van der Waals surface area contributed by atoms with Crippen LogP contribution in [0.15, 0.2) is 52.0 Å². The van der Waals surface area contributed by atoms with Crippen LogP contribution >= 0.6 is 0 Å². The Hall–Kier alpha value is -2.84. The van der Waals surface area contributed by atoms with Gasteiger partial charge in [0.15, 0.2) is 0 Å². The van der Waals surface area contributed by atoms with Gasteiger partial charge in [-0.1, -0.05) is 19.1 Å². The van der Waals surface area contributed by atoms with Gasteiger partial charge in [-0.2, -0.15) is 0 Å². The number of fused-ring (bicyclic) bond motifs is 1. The molecule has 3 rings (SSSR count). The second-order valence-corrected chi connectivity index (χ2v) is 8.94. The number of furan rings is 1. The van der Waals surface area contributed by atoms with Crippen molar-refractivity contribution in [1.82, 2.24) is 4.31 Å². The van der Waals surface area contributed by atoms with Gasteiger partial charge in [-0.15, -0.1) is 0 Å². The topological polar surface area (TPSA) is 88.8 Å². The van der Waals surface area contributed by atoms with Gasteiger partial charge in [0.1, 0.15) is 16.2 Å². The van der Waals surface area contributed by atoms with Crippen molar-refractivity contribution in [3.05, 3.63) is 53.8 Å². The smallest absolute Gasteiger partial charge is 0.246 e. The third-order valence-electron chi connectivity index (χ3n) is 4.69. The molecule has 0 aliphatic carbocycles. The standard InChI is InChI=1S/C21H24N2O5S/c1-5-14-6-8-17-15(13-28-19(17)10-14)11-21(24)22-16-7-9-18(27-4)20(12-16)29(25,26)23(2)3/h6-10,12-13H,5,11H2,1-4H3,(H,22,24). The van der Waals surface area contributed by atoms with Crippen LogP contribution < -0.4 is 10.1 Å². The Labute approximate surface area is 170 Å². The normalized spacial score (nSPS) is 11.8. The largest absolute Gasteiger partial charge is 0.495 e. The predicted molar refractivity (Wildman–Crippen MR) is 112 cm³/mol. The zero-order chi connectivity index (χ0) is 21.2. The molecule has 0 bridgehead atoms. The fraction of sp³-hybridized carbons (Fsp3) is 0.286. The number of aryl methyl sites for hydroxylation is 1. The number of benzene rings is 2. The van der Waals surface area contributed by atoms with E-state index in [4.69, 9.17) is 9.15 Å². The van der Waals surface area contributed by atoms with Gasteiger partial charge in [0.25, 0.3) is 0 Å². The van der Waals surface area contributed by atoms with Gasteiger partial charge in [-0.25, -0.2) is 12.7 Å². The van der Waals surface area contributed by atoms with Crippen molar-refractivity contribution in [1.29, 1.82) is 0 Å². The molecular formula is C21H24N2O5S. The lowest BCUT2D eigenvalue weighted by atomic mass is 10.1. The zero-order valence-electron chi connectivity index (χ0n) is 16.9. The van der Waals surface area contributed by atoms with E-state index in [0.29, 0.717) is 5.69 Å². The molecule has 7 nitrogen and oxygen atoms in total. The molecule has 0 saturated heterocycles. The van der Waals surface area contributed by atoms with Crippen molar-refractivity contribution in [2.45, 2.75) is 24.7 Å². The van der Waals surface area contributed by atoms with E-state index in [2.05, 4.69) is 12.2 Å². The van der Waals surface area contributed by atoms with Crippen molar-refractivity contribution in [3.63, 3.8) is 0 Å². The van der Waals surface area contributed by atoms with E-state index < -0.39 is 10.0 Å². The first kappa shape index (κ1) is 20.9. The molecule has 1 amide bonds. The number of carbonyl (C=O) groups is 1. The van der Waals surface area contributed by atoms with E-state index in [1.165, 1.54) is 33.3 Å². The van der Waals surface area contributed by atoms with E-state index in [9.17, 15) is 13.2 Å². The Morgan fingerprint density at radius 1 is 1.17 bits per heavy atom. The highest BCUT2D eigenvalue weighted by Gasteiger charge is 2.23. The van der Waals surface area contributed by atoms with Crippen molar-refractivity contribution in [2.75, 3.05) is 26.5 Å². The van der Waals surface area contributed by atoms with Gasteiger partial charge in [0.2, 0.25) is 15.9 Å². The Kier molecular flexibility index (Phi) is 5.95. The quantitative estimate of drug-likeness (QED) is 0.637. The summed E-state index contributed by atoms with van der Waals surface area (Å²) in [5.74, 6) is -0.0603. The summed E-state index contributed by atoms with van der Waals surface area (Å²) in [7, 11) is 0.555. The van der Waals surface area contributed by atoms with E-state index in [1.807, 2.05) is 18.2 Å². The average Bonchev–Trinajstić information content (AvgIpc) is 3.09. The number of ether oxygens (including phenoxy) is 1. The molecule has 0 saturated carbocycles. The van der Waals surface area contributed by atoms with Gasteiger partial charge < -0.3 is 14.5 Å². The molecule has 0 radical (unpaired) electrons. The minimum atomic E-state index is -3.72. The molecule has 0 fully saturated rings. The van der Waals surface area contributed by atoms with E-state index in [1.54, 1.807) is 12.3 Å². The first-order valence-electron chi connectivity index (χ1n) is 9.15. The van der Waals surface area contributed by atoms with Crippen LogP contribution in [-0.4, -0.2) is 39.8 Å².